The fraction of sp³-hybridized carbons (Fsp3) is 0.400. The summed E-state index contributed by atoms with van der Waals surface area (Å²) in [4.78, 5) is 0. The number of phenols is 1. The highest BCUT2D eigenvalue weighted by molar-refractivity contribution is 5.26. The van der Waals surface area contributed by atoms with E-state index in [0.717, 1.165) is 5.56 Å². The molecule has 13 heavy (non-hydrogen) atoms. The van der Waals surface area contributed by atoms with Crippen LogP contribution in [0.2, 0.25) is 0 Å². The van der Waals surface area contributed by atoms with Gasteiger partial charge in [-0.2, -0.15) is 0 Å². The number of aliphatic hydroxyl groups is 1. The van der Waals surface area contributed by atoms with E-state index in [2.05, 4.69) is 5.32 Å². The highest BCUT2D eigenvalue weighted by Crippen LogP contribution is 2.10. The smallest absolute Gasteiger partial charge is 0.115 e. The van der Waals surface area contributed by atoms with Crippen molar-refractivity contribution in [2.75, 3.05) is 6.61 Å². The van der Waals surface area contributed by atoms with Crippen LogP contribution in [0.25, 0.3) is 0 Å². The van der Waals surface area contributed by atoms with E-state index >= 15 is 0 Å². The molecule has 0 bridgehead atoms. The number of hydrogen-bond acceptors (Lipinski definition) is 3. The molecule has 1 aromatic carbocycles. The van der Waals surface area contributed by atoms with Crippen molar-refractivity contribution in [3.8, 4) is 5.75 Å². The highest BCUT2D eigenvalue weighted by Gasteiger charge is 1.99. The topological polar surface area (TPSA) is 52.5 Å². The largest absolute Gasteiger partial charge is 0.508 e. The van der Waals surface area contributed by atoms with Gasteiger partial charge in [-0.25, -0.2) is 0 Å². The van der Waals surface area contributed by atoms with Gasteiger partial charge in [-0.15, -0.1) is 0 Å². The Morgan fingerprint density at radius 2 is 2.23 bits per heavy atom. The predicted molar refractivity (Wildman–Crippen MR) is 51.5 cm³/mol. The third-order valence-corrected chi connectivity index (χ3v) is 1.84. The molecule has 3 nitrogen and oxygen atoms in total. The lowest BCUT2D eigenvalue weighted by Gasteiger charge is -2.10. The predicted octanol–water partition coefficient (Wildman–Crippen LogP) is 0.863. The van der Waals surface area contributed by atoms with Crippen molar-refractivity contribution in [1.29, 1.82) is 0 Å². The van der Waals surface area contributed by atoms with Crippen molar-refractivity contribution >= 4 is 0 Å². The number of aromatic hydroxyl groups is 1. The highest BCUT2D eigenvalue weighted by atomic mass is 16.3. The number of aliphatic hydroxyl groups excluding tert-OH is 1. The number of phenolic OH excluding ortho intramolecular Hbond substituents is 1. The van der Waals surface area contributed by atoms with Gasteiger partial charge in [-0.1, -0.05) is 12.1 Å². The standard InChI is InChI=1S/C10H15NO2/c1-8(7-12)11-6-9-3-2-4-10(13)5-9/h2-5,8,11-13H,6-7H2,1H3. The van der Waals surface area contributed by atoms with Crippen LogP contribution in [0.1, 0.15) is 12.5 Å². The van der Waals surface area contributed by atoms with E-state index in [1.165, 1.54) is 0 Å². The van der Waals surface area contributed by atoms with Gasteiger partial charge in [0.15, 0.2) is 0 Å². The van der Waals surface area contributed by atoms with Crippen LogP contribution in [-0.4, -0.2) is 22.9 Å². The summed E-state index contributed by atoms with van der Waals surface area (Å²) in [7, 11) is 0. The molecular weight excluding hydrogens is 166 g/mol. The van der Waals surface area contributed by atoms with Crippen LogP contribution >= 0.6 is 0 Å². The van der Waals surface area contributed by atoms with E-state index < -0.39 is 0 Å². The molecule has 3 N–H and O–H groups in total. The van der Waals surface area contributed by atoms with Crippen molar-refractivity contribution < 1.29 is 10.2 Å². The Bertz CT molecular complexity index is 263. The molecule has 0 aliphatic heterocycles. The first-order valence-electron chi connectivity index (χ1n) is 4.34. The second-order valence-electron chi connectivity index (χ2n) is 3.13. The molecule has 0 aliphatic rings. The maximum absolute atomic E-state index is 9.16. The van der Waals surface area contributed by atoms with Crippen LogP contribution in [-0.2, 0) is 6.54 Å². The molecule has 0 saturated carbocycles. The summed E-state index contributed by atoms with van der Waals surface area (Å²) in [5.74, 6) is 0.274. The quantitative estimate of drug-likeness (QED) is 0.646. The molecule has 0 spiro atoms. The molecule has 0 amide bonds. The number of rotatable bonds is 4. The minimum Gasteiger partial charge on any atom is -0.508 e. The average Bonchev–Trinajstić information content (AvgIpc) is 2.14. The first-order chi connectivity index (χ1) is 6.22. The van der Waals surface area contributed by atoms with Crippen molar-refractivity contribution in [2.24, 2.45) is 0 Å². The van der Waals surface area contributed by atoms with Gasteiger partial charge in [-0.3, -0.25) is 0 Å². The molecule has 0 fully saturated rings. The average molecular weight is 181 g/mol. The molecule has 1 atom stereocenters. The molecule has 1 aromatic rings. The molecule has 0 aromatic heterocycles. The Morgan fingerprint density at radius 3 is 2.85 bits per heavy atom. The van der Waals surface area contributed by atoms with Crippen LogP contribution in [0.15, 0.2) is 24.3 Å². The Morgan fingerprint density at radius 1 is 1.46 bits per heavy atom. The Labute approximate surface area is 78.0 Å². The summed E-state index contributed by atoms with van der Waals surface area (Å²) in [5, 5.41) is 21.0. The van der Waals surface area contributed by atoms with Gasteiger partial charge in [0.1, 0.15) is 5.75 Å². The van der Waals surface area contributed by atoms with E-state index in [1.807, 2.05) is 13.0 Å². The van der Waals surface area contributed by atoms with E-state index in [0.29, 0.717) is 6.54 Å². The lowest BCUT2D eigenvalue weighted by atomic mass is 10.2. The fourth-order valence-electron chi connectivity index (χ4n) is 1.02. The maximum Gasteiger partial charge on any atom is 0.115 e. The molecule has 0 radical (unpaired) electrons. The third-order valence-electron chi connectivity index (χ3n) is 1.84. The van der Waals surface area contributed by atoms with Gasteiger partial charge in [0.2, 0.25) is 0 Å². The van der Waals surface area contributed by atoms with E-state index in [4.69, 9.17) is 10.2 Å². The van der Waals surface area contributed by atoms with Gasteiger partial charge in [0, 0.05) is 12.6 Å². The van der Waals surface area contributed by atoms with Gasteiger partial charge < -0.3 is 15.5 Å². The summed E-state index contributed by atoms with van der Waals surface area (Å²) in [6, 6.07) is 7.16. The second-order valence-corrected chi connectivity index (χ2v) is 3.13. The molecule has 0 aliphatic carbocycles. The van der Waals surface area contributed by atoms with Crippen LogP contribution < -0.4 is 5.32 Å². The van der Waals surface area contributed by atoms with Crippen LogP contribution in [0.3, 0.4) is 0 Å². The van der Waals surface area contributed by atoms with Gasteiger partial charge in [-0.05, 0) is 24.6 Å². The van der Waals surface area contributed by atoms with Crippen molar-refractivity contribution in [3.63, 3.8) is 0 Å². The zero-order valence-corrected chi connectivity index (χ0v) is 7.70. The molecule has 1 rings (SSSR count). The Hall–Kier alpha value is -1.06. The zero-order chi connectivity index (χ0) is 9.68. The van der Waals surface area contributed by atoms with Crippen molar-refractivity contribution in [3.05, 3.63) is 29.8 Å². The van der Waals surface area contributed by atoms with Crippen LogP contribution in [0.4, 0.5) is 0 Å². The Balaban J connectivity index is 2.45. The summed E-state index contributed by atoms with van der Waals surface area (Å²) in [5.41, 5.74) is 1.01. The monoisotopic (exact) mass is 181 g/mol. The van der Waals surface area contributed by atoms with Crippen molar-refractivity contribution in [2.45, 2.75) is 19.5 Å². The lowest BCUT2D eigenvalue weighted by molar-refractivity contribution is 0.251. The molecular formula is C10H15NO2. The first kappa shape index (κ1) is 10.0. The maximum atomic E-state index is 9.16. The van der Waals surface area contributed by atoms with Crippen LogP contribution in [0.5, 0.6) is 5.75 Å². The lowest BCUT2D eigenvalue weighted by Crippen LogP contribution is -2.28. The van der Waals surface area contributed by atoms with Crippen LogP contribution in [0, 0.1) is 0 Å². The van der Waals surface area contributed by atoms with Gasteiger partial charge >= 0.3 is 0 Å². The minimum atomic E-state index is 0.0855. The molecule has 1 unspecified atom stereocenters. The summed E-state index contributed by atoms with van der Waals surface area (Å²) in [6.07, 6.45) is 0. The van der Waals surface area contributed by atoms with E-state index in [9.17, 15) is 0 Å². The van der Waals surface area contributed by atoms with Gasteiger partial charge in [0.25, 0.3) is 0 Å². The molecule has 72 valence electrons. The minimum absolute atomic E-state index is 0.0855. The molecule has 0 heterocycles. The summed E-state index contributed by atoms with van der Waals surface area (Å²) in [6.45, 7) is 2.69. The number of hydrogen-bond donors (Lipinski definition) is 3. The normalized spacial score (nSPS) is 12.8. The zero-order valence-electron chi connectivity index (χ0n) is 7.70. The second kappa shape index (κ2) is 4.84. The first-order valence-corrected chi connectivity index (χ1v) is 4.34. The number of benzene rings is 1. The van der Waals surface area contributed by atoms with E-state index in [1.54, 1.807) is 18.2 Å². The molecule has 3 heteroatoms. The molecule has 0 saturated heterocycles. The SMILES string of the molecule is CC(CO)NCc1cccc(O)c1. The third kappa shape index (κ3) is 3.44. The van der Waals surface area contributed by atoms with Gasteiger partial charge in [0.05, 0.1) is 6.61 Å². The summed E-state index contributed by atoms with van der Waals surface area (Å²) < 4.78 is 0. The van der Waals surface area contributed by atoms with E-state index in [-0.39, 0.29) is 18.4 Å². The summed E-state index contributed by atoms with van der Waals surface area (Å²) >= 11 is 0. The fourth-order valence-corrected chi connectivity index (χ4v) is 1.02. The Kier molecular flexibility index (Phi) is 3.73. The van der Waals surface area contributed by atoms with Crippen molar-refractivity contribution in [1.82, 2.24) is 5.32 Å². The number of nitrogens with one attached hydrogen (secondary N) is 1.